The smallest absolute Gasteiger partial charge is 0.335 e. The van der Waals surface area contributed by atoms with Gasteiger partial charge in [0, 0.05) is 50.5 Å². The van der Waals surface area contributed by atoms with Crippen LogP contribution in [0.1, 0.15) is 76.5 Å². The number of aromatic nitrogens is 21. The van der Waals surface area contributed by atoms with Crippen molar-refractivity contribution in [1.29, 1.82) is 0 Å². The fraction of sp³-hybridized carbons (Fsp3) is 0.222. The van der Waals surface area contributed by atoms with Gasteiger partial charge in [-0.1, -0.05) is 80.1 Å². The molecule has 0 saturated carbocycles. The lowest BCUT2D eigenvalue weighted by Gasteiger charge is -2.05. The SMILES string of the molecule is CCCCn1c(CO)n[nH]c1=S.Cn1c(Cc2ccsc2)n[nH]c1=S.NS(=O)(=O)c1ccc(-n2cn[nH]c2=S)cc1.O=C(O)c1ccc(-n2cn[nH]c2=S)cc1.OCc1n[nH]c(=S)n1CCCc1ccccc1.OCc1n[nH]c(=S)n1CCc1ccccc1.Oc1cccc(-n2cn[nH]c2=S)c1. The van der Waals surface area contributed by atoms with Crippen LogP contribution in [0.4, 0.5) is 0 Å². The van der Waals surface area contributed by atoms with E-state index in [1.807, 2.05) is 67.8 Å². The van der Waals surface area contributed by atoms with Gasteiger partial charge in [0.25, 0.3) is 0 Å². The maximum Gasteiger partial charge on any atom is 0.335 e. The number of hydrogen-bond donors (Lipinski definition) is 13. The average Bonchev–Trinajstić information content (AvgIpc) is 1.35. The average molecular weight is 1550 g/mol. The number of carboxylic acids is 1. The maximum atomic E-state index is 11.0. The van der Waals surface area contributed by atoms with E-state index >= 15 is 0 Å². The van der Waals surface area contributed by atoms with Crippen molar-refractivity contribution < 1.29 is 38.7 Å². The number of nitrogens with two attached hydrogens (primary N) is 1. The largest absolute Gasteiger partial charge is 0.508 e. The molecule has 102 heavy (non-hydrogen) atoms. The lowest BCUT2D eigenvalue weighted by Crippen LogP contribution is -2.11. The molecule has 8 heterocycles. The Morgan fingerprint density at radius 3 is 1.34 bits per heavy atom. The second-order valence-corrected chi connectivity index (χ2v) is 26.3. The molecule has 14 N–H and O–H groups in total. The Hall–Kier alpha value is -9.62. The monoisotopic (exact) mass is 1550 g/mol. The van der Waals surface area contributed by atoms with Crippen molar-refractivity contribution in [2.45, 2.75) is 89.8 Å². The van der Waals surface area contributed by atoms with Crippen molar-refractivity contribution in [3.63, 3.8) is 0 Å². The molecule has 0 fully saturated rings. The van der Waals surface area contributed by atoms with Gasteiger partial charge in [-0.3, -0.25) is 49.4 Å². The van der Waals surface area contributed by atoms with Crippen molar-refractivity contribution in [3.05, 3.63) is 248 Å². The van der Waals surface area contributed by atoms with E-state index in [0.717, 1.165) is 75.4 Å². The molecule has 0 radical (unpaired) electrons. The maximum absolute atomic E-state index is 11.0. The van der Waals surface area contributed by atoms with E-state index in [1.165, 1.54) is 53.6 Å². The third-order valence-electron chi connectivity index (χ3n) is 14.3. The number of benzene rings is 5. The minimum absolute atomic E-state index is 0.0587. The van der Waals surface area contributed by atoms with Crippen LogP contribution in [0.3, 0.4) is 0 Å². The number of H-pyrrole nitrogens is 7. The fourth-order valence-corrected chi connectivity index (χ4v) is 11.7. The number of aromatic carboxylic acids is 1. The van der Waals surface area contributed by atoms with Gasteiger partial charge in [-0.05, 0) is 205 Å². The molecule has 0 amide bonds. The van der Waals surface area contributed by atoms with E-state index < -0.39 is 16.0 Å². The number of thiophene rings is 1. The zero-order valence-corrected chi connectivity index (χ0v) is 62.0. The molecule has 13 aromatic rings. The van der Waals surface area contributed by atoms with E-state index in [1.54, 1.807) is 73.8 Å². The van der Waals surface area contributed by atoms with Crippen LogP contribution in [-0.4, -0.2) is 143 Å². The first-order valence-electron chi connectivity index (χ1n) is 30.7. The van der Waals surface area contributed by atoms with Crippen LogP contribution < -0.4 is 5.14 Å². The number of aliphatic hydroxyl groups is 3. The topological polar surface area (TPSA) is 414 Å². The van der Waals surface area contributed by atoms with Gasteiger partial charge >= 0.3 is 5.97 Å². The number of aliphatic hydroxyl groups excluding tert-OH is 3. The van der Waals surface area contributed by atoms with Gasteiger partial charge in [0.05, 0.1) is 16.1 Å². The number of phenols is 1. The molecule has 0 aliphatic heterocycles. The molecule has 13 rings (SSSR count). The van der Waals surface area contributed by atoms with Crippen LogP contribution in [0, 0.1) is 33.4 Å². The van der Waals surface area contributed by atoms with Crippen molar-refractivity contribution in [3.8, 4) is 22.8 Å². The fourth-order valence-electron chi connectivity index (χ4n) is 9.01. The highest BCUT2D eigenvalue weighted by molar-refractivity contribution is 7.89. The Morgan fingerprint density at radius 2 is 0.941 bits per heavy atom. The van der Waals surface area contributed by atoms with Crippen LogP contribution in [0.2, 0.25) is 0 Å². The third-order valence-corrected chi connectivity index (χ3v) is 18.2. The Labute approximate surface area is 623 Å². The summed E-state index contributed by atoms with van der Waals surface area (Å²) in [5, 5.41) is 100. The van der Waals surface area contributed by atoms with E-state index in [9.17, 15) is 18.3 Å². The normalized spacial score (nSPS) is 10.6. The Balaban J connectivity index is 0.000000167. The minimum Gasteiger partial charge on any atom is -0.508 e. The van der Waals surface area contributed by atoms with Crippen LogP contribution in [0.5, 0.6) is 5.75 Å². The van der Waals surface area contributed by atoms with Crippen molar-refractivity contribution in [2.24, 2.45) is 12.2 Å². The lowest BCUT2D eigenvalue weighted by molar-refractivity contribution is 0.0696. The predicted octanol–water partition coefficient (Wildman–Crippen LogP) is 10.9. The molecule has 5 aromatic carbocycles. The molecule has 39 heteroatoms. The van der Waals surface area contributed by atoms with Gasteiger partial charge in [0.2, 0.25) is 10.0 Å². The Kier molecular flexibility index (Phi) is 31.8. The summed E-state index contributed by atoms with van der Waals surface area (Å²) in [4.78, 5) is 10.7. The molecule has 0 aliphatic carbocycles. The van der Waals surface area contributed by atoms with Gasteiger partial charge in [-0.25, -0.2) is 18.4 Å². The molecule has 0 unspecified atom stereocenters. The van der Waals surface area contributed by atoms with Crippen molar-refractivity contribution in [2.75, 3.05) is 0 Å². The number of aromatic hydroxyl groups is 1. The first-order chi connectivity index (χ1) is 49.1. The molecule has 0 bridgehead atoms. The molecular weight excluding hydrogens is 1480 g/mol. The molecule has 0 atom stereocenters. The number of phenolic OH excluding ortho intramolecular Hbond substituents is 1. The van der Waals surface area contributed by atoms with E-state index in [4.69, 9.17) is 111 Å². The minimum atomic E-state index is -3.66. The molecule has 30 nitrogen and oxygen atoms in total. The summed E-state index contributed by atoms with van der Waals surface area (Å²) >= 11 is 36.8. The summed E-state index contributed by atoms with van der Waals surface area (Å²) in [7, 11) is -1.73. The second-order valence-electron chi connectivity index (χ2n) is 21.3. The summed E-state index contributed by atoms with van der Waals surface area (Å²) in [6.07, 6.45) is 10.5. The highest BCUT2D eigenvalue weighted by Crippen LogP contribution is 2.17. The quantitative estimate of drug-likeness (QED) is 0.0315. The summed E-state index contributed by atoms with van der Waals surface area (Å²) in [6, 6.07) is 41.8. The molecule has 0 saturated heterocycles. The van der Waals surface area contributed by atoms with Gasteiger partial charge in [-0.15, -0.1) is 0 Å². The molecule has 0 aliphatic rings. The number of carbonyl (C=O) groups is 1. The number of carboxylic acid groups (broad SMARTS) is 1. The van der Waals surface area contributed by atoms with E-state index in [-0.39, 0.29) is 36.0 Å². The lowest BCUT2D eigenvalue weighted by atomic mass is 10.1. The second kappa shape index (κ2) is 40.7. The van der Waals surface area contributed by atoms with Crippen LogP contribution in [-0.2, 0) is 75.8 Å². The molecule has 536 valence electrons. The zero-order chi connectivity index (χ0) is 73.6. The van der Waals surface area contributed by atoms with E-state index in [0.29, 0.717) is 56.6 Å². The molecule has 8 aromatic heterocycles. The summed E-state index contributed by atoms with van der Waals surface area (Å²) < 4.78 is 38.2. The number of hydrogen-bond acceptors (Lipinski definition) is 22. The Bertz CT molecular complexity index is 5240. The number of aryl methyl sites for hydroxylation is 2. The van der Waals surface area contributed by atoms with Gasteiger partial charge in [0.15, 0.2) is 50.9 Å². The van der Waals surface area contributed by atoms with E-state index in [2.05, 4.69) is 119 Å². The standard InChI is InChI=1S/C12H15N3OS.C11H13N3OS.C9H7N3O2S.C8H8N4O2S2.C8H7N3OS.C8H9N3S2.C7H13N3OS/c16-9-11-13-14-12(17)15(11)8-4-7-10-5-2-1-3-6-10;15-8-10-12-13-11(16)14(10)7-6-9-4-2-1-3-5-9;13-8(14)6-1-3-7(4-2-6)12-5-10-11-9(12)15;9-16(13,14)7-3-1-6(2-4-7)12-5-10-11-8(12)15;12-7-3-1-2-6(4-7)11-5-9-10-8(11)13;1-11-7(9-10-8(11)12)4-6-2-3-13-5-6;1-2-3-4-10-6(5-11)8-9-7(10)12/h1-3,5-6,16H,4,7-9H2,(H,14,17);1-5,15H,6-8H2,(H,13,16);1-5H,(H,11,15)(H,13,14);1-5H,(H,11,15)(H2,9,13,14);1-5,12H,(H,10,13);2-3,5H,4H2,1H3,(H,10,12);11H,2-5H2,1H3,(H,9,12). The highest BCUT2D eigenvalue weighted by atomic mass is 32.2. The number of primary sulfonamides is 1. The summed E-state index contributed by atoms with van der Waals surface area (Å²) in [6.45, 7) is 4.22. The van der Waals surface area contributed by atoms with Gasteiger partial charge in [0.1, 0.15) is 50.4 Å². The zero-order valence-electron chi connectivity index (χ0n) is 54.6. The molecule has 0 spiro atoms. The van der Waals surface area contributed by atoms with Gasteiger partial charge < -0.3 is 43.8 Å². The number of nitrogens with one attached hydrogen (secondary N) is 7. The highest BCUT2D eigenvalue weighted by Gasteiger charge is 2.11. The number of nitrogens with zero attached hydrogens (tertiary/aromatic N) is 14. The first-order valence-corrected chi connectivity index (χ1v) is 36.0. The van der Waals surface area contributed by atoms with Crippen LogP contribution in [0.25, 0.3) is 17.1 Å². The number of sulfonamides is 1. The predicted molar refractivity (Wildman–Crippen MR) is 402 cm³/mol. The first kappa shape index (κ1) is 79.7. The third kappa shape index (κ3) is 24.3. The van der Waals surface area contributed by atoms with Crippen molar-refractivity contribution in [1.82, 2.24) is 103 Å². The Morgan fingerprint density at radius 1 is 0.500 bits per heavy atom. The number of aromatic amines is 7. The summed E-state index contributed by atoms with van der Waals surface area (Å²) in [5.74, 6) is 2.04. The molecular formula is C63H72N22O8S9. The van der Waals surface area contributed by atoms with Crippen LogP contribution in [0.15, 0.2) is 174 Å². The number of rotatable bonds is 20. The van der Waals surface area contributed by atoms with Gasteiger partial charge in [-0.2, -0.15) is 47.0 Å². The van der Waals surface area contributed by atoms with Crippen LogP contribution >= 0.6 is 96.9 Å². The number of unbranched alkanes of at least 4 members (excludes halogenated alkanes) is 1. The van der Waals surface area contributed by atoms with Crippen molar-refractivity contribution >= 4 is 113 Å². The summed E-state index contributed by atoms with van der Waals surface area (Å²) in [5.41, 5.74) is 6.36.